The number of nitrogens with zero attached hydrogens (tertiary/aromatic N) is 4. The molecule has 0 atom stereocenters. The summed E-state index contributed by atoms with van der Waals surface area (Å²) in [4.78, 5) is 2.32. The third-order valence-electron chi connectivity index (χ3n) is 3.76. The summed E-state index contributed by atoms with van der Waals surface area (Å²) in [5.74, 6) is 2.68. The highest BCUT2D eigenvalue weighted by molar-refractivity contribution is 7.99. The molecule has 0 spiro atoms. The van der Waals surface area contributed by atoms with Gasteiger partial charge in [0.1, 0.15) is 5.76 Å². The number of aromatic nitrogens is 3. The molecule has 0 amide bonds. The first-order valence-corrected chi connectivity index (χ1v) is 8.81. The molecule has 1 aliphatic rings. The van der Waals surface area contributed by atoms with Crippen molar-refractivity contribution >= 4 is 17.7 Å². The summed E-state index contributed by atoms with van der Waals surface area (Å²) in [6, 6.07) is 3.88. The number of furan rings is 1. The van der Waals surface area contributed by atoms with E-state index in [0.29, 0.717) is 6.54 Å². The fraction of sp³-hybridized carbons (Fsp3) is 0.600. The average Bonchev–Trinajstić information content (AvgIpc) is 3.20. The number of aliphatic hydroxyl groups is 1. The molecule has 1 N–H and O–H groups in total. The van der Waals surface area contributed by atoms with Crippen molar-refractivity contribution in [3.63, 3.8) is 0 Å². The van der Waals surface area contributed by atoms with Gasteiger partial charge < -0.3 is 14.4 Å². The molecule has 0 aromatic carbocycles. The van der Waals surface area contributed by atoms with Gasteiger partial charge >= 0.3 is 0 Å². The highest BCUT2D eigenvalue weighted by atomic mass is 32.2. The summed E-state index contributed by atoms with van der Waals surface area (Å²) in [5.41, 5.74) is 0. The SMILES string of the molecule is OCCCSc1nnc(N2CCCCC2)n1Cc1ccco1. The van der Waals surface area contributed by atoms with Crippen LogP contribution < -0.4 is 4.90 Å². The van der Waals surface area contributed by atoms with Crippen molar-refractivity contribution in [3.05, 3.63) is 24.2 Å². The highest BCUT2D eigenvalue weighted by Gasteiger charge is 2.20. The van der Waals surface area contributed by atoms with Crippen LogP contribution in [-0.4, -0.2) is 45.3 Å². The fourth-order valence-corrected chi connectivity index (χ4v) is 3.50. The molecule has 1 fully saturated rings. The Labute approximate surface area is 134 Å². The van der Waals surface area contributed by atoms with E-state index in [9.17, 15) is 0 Å². The summed E-state index contributed by atoms with van der Waals surface area (Å²) in [5, 5.41) is 18.6. The normalized spacial score (nSPS) is 15.4. The first kappa shape index (κ1) is 15.4. The number of aliphatic hydroxyl groups excluding tert-OH is 1. The predicted molar refractivity (Wildman–Crippen MR) is 86.3 cm³/mol. The van der Waals surface area contributed by atoms with E-state index in [-0.39, 0.29) is 6.61 Å². The van der Waals surface area contributed by atoms with Gasteiger partial charge in [0.15, 0.2) is 5.16 Å². The Morgan fingerprint density at radius 1 is 1.23 bits per heavy atom. The first-order valence-electron chi connectivity index (χ1n) is 7.82. The van der Waals surface area contributed by atoms with Crippen LogP contribution in [0.1, 0.15) is 31.4 Å². The largest absolute Gasteiger partial charge is 0.467 e. The lowest BCUT2D eigenvalue weighted by Crippen LogP contribution is -2.32. The number of thioether (sulfide) groups is 1. The molecule has 1 aliphatic heterocycles. The topological polar surface area (TPSA) is 67.3 Å². The van der Waals surface area contributed by atoms with Crippen molar-refractivity contribution in [1.82, 2.24) is 14.8 Å². The van der Waals surface area contributed by atoms with Crippen LogP contribution in [0, 0.1) is 0 Å². The zero-order chi connectivity index (χ0) is 15.2. The quantitative estimate of drug-likeness (QED) is 0.623. The molecule has 1 saturated heterocycles. The van der Waals surface area contributed by atoms with E-state index >= 15 is 0 Å². The average molecular weight is 322 g/mol. The van der Waals surface area contributed by atoms with Crippen molar-refractivity contribution in [1.29, 1.82) is 0 Å². The second-order valence-electron chi connectivity index (χ2n) is 5.42. The van der Waals surface area contributed by atoms with Gasteiger partial charge in [0.05, 0.1) is 12.8 Å². The minimum atomic E-state index is 0.207. The van der Waals surface area contributed by atoms with E-state index in [1.807, 2.05) is 12.1 Å². The van der Waals surface area contributed by atoms with E-state index in [0.717, 1.165) is 42.1 Å². The lowest BCUT2D eigenvalue weighted by atomic mass is 10.1. The monoisotopic (exact) mass is 322 g/mol. The molecule has 120 valence electrons. The Hall–Kier alpha value is -1.47. The summed E-state index contributed by atoms with van der Waals surface area (Å²) >= 11 is 1.64. The van der Waals surface area contributed by atoms with Crippen LogP contribution in [0.5, 0.6) is 0 Å². The van der Waals surface area contributed by atoms with E-state index in [4.69, 9.17) is 9.52 Å². The maximum atomic E-state index is 8.95. The third kappa shape index (κ3) is 3.64. The van der Waals surface area contributed by atoms with Gasteiger partial charge in [-0.15, -0.1) is 10.2 Å². The van der Waals surface area contributed by atoms with E-state index in [1.54, 1.807) is 18.0 Å². The van der Waals surface area contributed by atoms with Gasteiger partial charge in [-0.25, -0.2) is 0 Å². The van der Waals surface area contributed by atoms with Crippen molar-refractivity contribution in [2.24, 2.45) is 0 Å². The maximum absolute atomic E-state index is 8.95. The Morgan fingerprint density at radius 2 is 2.09 bits per heavy atom. The fourth-order valence-electron chi connectivity index (χ4n) is 2.64. The van der Waals surface area contributed by atoms with Crippen LogP contribution in [-0.2, 0) is 6.54 Å². The van der Waals surface area contributed by atoms with E-state index in [2.05, 4.69) is 19.7 Å². The molecule has 0 saturated carbocycles. The van der Waals surface area contributed by atoms with Gasteiger partial charge in [-0.1, -0.05) is 11.8 Å². The molecule has 2 aromatic heterocycles. The van der Waals surface area contributed by atoms with Gasteiger partial charge in [0.25, 0.3) is 0 Å². The van der Waals surface area contributed by atoms with Crippen molar-refractivity contribution in [3.8, 4) is 0 Å². The number of rotatable bonds is 7. The van der Waals surface area contributed by atoms with E-state index in [1.165, 1.54) is 19.3 Å². The molecule has 0 bridgehead atoms. The van der Waals surface area contributed by atoms with Crippen LogP contribution in [0.25, 0.3) is 0 Å². The molecule has 7 heteroatoms. The van der Waals surface area contributed by atoms with Crippen LogP contribution in [0.4, 0.5) is 5.95 Å². The summed E-state index contributed by atoms with van der Waals surface area (Å²) in [6.07, 6.45) is 6.16. The lowest BCUT2D eigenvalue weighted by Gasteiger charge is -2.27. The molecule has 2 aromatic rings. The van der Waals surface area contributed by atoms with Gasteiger partial charge in [-0.05, 0) is 37.8 Å². The van der Waals surface area contributed by atoms with Crippen LogP contribution in [0.3, 0.4) is 0 Å². The summed E-state index contributed by atoms with van der Waals surface area (Å²) in [7, 11) is 0. The maximum Gasteiger partial charge on any atom is 0.228 e. The minimum absolute atomic E-state index is 0.207. The molecule has 0 unspecified atom stereocenters. The molecule has 22 heavy (non-hydrogen) atoms. The molecular formula is C15H22N4O2S. The number of anilines is 1. The molecule has 3 heterocycles. The Bertz CT molecular complexity index is 564. The molecule has 0 aliphatic carbocycles. The highest BCUT2D eigenvalue weighted by Crippen LogP contribution is 2.26. The minimum Gasteiger partial charge on any atom is -0.467 e. The lowest BCUT2D eigenvalue weighted by molar-refractivity contribution is 0.296. The van der Waals surface area contributed by atoms with E-state index < -0.39 is 0 Å². The summed E-state index contributed by atoms with van der Waals surface area (Å²) < 4.78 is 7.62. The summed E-state index contributed by atoms with van der Waals surface area (Å²) in [6.45, 7) is 2.93. The van der Waals surface area contributed by atoms with Gasteiger partial charge in [-0.3, -0.25) is 4.57 Å². The van der Waals surface area contributed by atoms with Gasteiger partial charge in [0, 0.05) is 25.4 Å². The van der Waals surface area contributed by atoms with Crippen molar-refractivity contribution in [2.75, 3.05) is 30.3 Å². The predicted octanol–water partition coefficient (Wildman–Crippen LogP) is 2.38. The number of hydrogen-bond acceptors (Lipinski definition) is 6. The molecule has 3 rings (SSSR count). The zero-order valence-electron chi connectivity index (χ0n) is 12.6. The van der Waals surface area contributed by atoms with Crippen LogP contribution >= 0.6 is 11.8 Å². The Balaban J connectivity index is 1.81. The smallest absolute Gasteiger partial charge is 0.228 e. The molecule has 0 radical (unpaired) electrons. The Morgan fingerprint density at radius 3 is 2.82 bits per heavy atom. The van der Waals surface area contributed by atoms with Gasteiger partial charge in [-0.2, -0.15) is 0 Å². The number of piperidine rings is 1. The first-order chi connectivity index (χ1) is 10.9. The molecular weight excluding hydrogens is 300 g/mol. The van der Waals surface area contributed by atoms with Crippen LogP contribution in [0.15, 0.2) is 28.0 Å². The zero-order valence-corrected chi connectivity index (χ0v) is 13.5. The van der Waals surface area contributed by atoms with Gasteiger partial charge in [0.2, 0.25) is 5.95 Å². The standard InChI is InChI=1S/C15H22N4O2S/c20-9-5-11-22-15-17-16-14(18-7-2-1-3-8-18)19(15)12-13-6-4-10-21-13/h4,6,10,20H,1-3,5,7-9,11-12H2. The third-order valence-corrected chi connectivity index (χ3v) is 4.82. The van der Waals surface area contributed by atoms with Crippen LogP contribution in [0.2, 0.25) is 0 Å². The molecule has 6 nitrogen and oxygen atoms in total. The Kier molecular flexibility index (Phi) is 5.39. The number of hydrogen-bond donors (Lipinski definition) is 1. The van der Waals surface area contributed by atoms with Crippen molar-refractivity contribution < 1.29 is 9.52 Å². The second kappa shape index (κ2) is 7.69. The van der Waals surface area contributed by atoms with Crippen molar-refractivity contribution in [2.45, 2.75) is 37.4 Å². The second-order valence-corrected chi connectivity index (χ2v) is 6.48.